The van der Waals surface area contributed by atoms with E-state index in [1.54, 1.807) is 25.3 Å². The lowest BCUT2D eigenvalue weighted by atomic mass is 9.96. The normalized spacial score (nSPS) is 18.0. The molecule has 1 N–H and O–H groups in total. The van der Waals surface area contributed by atoms with E-state index in [9.17, 15) is 13.2 Å². The number of hydrogen-bond donors (Lipinski definition) is 1. The first-order chi connectivity index (χ1) is 15.6. The number of nitrogens with one attached hydrogen (secondary N) is 1. The van der Waals surface area contributed by atoms with Crippen LogP contribution < -0.4 is 10.1 Å². The molecule has 33 heavy (non-hydrogen) atoms. The summed E-state index contributed by atoms with van der Waals surface area (Å²) < 4.78 is 32.8. The van der Waals surface area contributed by atoms with Gasteiger partial charge >= 0.3 is 0 Å². The summed E-state index contributed by atoms with van der Waals surface area (Å²) in [5.74, 6) is 0.108. The van der Waals surface area contributed by atoms with E-state index in [1.165, 1.54) is 4.31 Å². The first kappa shape index (κ1) is 25.8. The molecule has 2 atom stereocenters. The van der Waals surface area contributed by atoms with Crippen molar-refractivity contribution in [2.45, 2.75) is 44.9 Å². The molecular weight excluding hydrogens is 483 g/mol. The van der Waals surface area contributed by atoms with E-state index in [0.717, 1.165) is 23.3 Å². The number of nitrogens with zero attached hydrogens (tertiary/aromatic N) is 1. The van der Waals surface area contributed by atoms with Gasteiger partial charge in [0, 0.05) is 13.1 Å². The highest BCUT2D eigenvalue weighted by molar-refractivity contribution is 7.88. The van der Waals surface area contributed by atoms with Crippen molar-refractivity contribution < 1.29 is 17.9 Å². The van der Waals surface area contributed by atoms with Gasteiger partial charge in [0.15, 0.2) is 0 Å². The lowest BCUT2D eigenvalue weighted by Gasteiger charge is -2.32. The molecule has 1 heterocycles. The molecule has 2 aromatic carbocycles. The minimum atomic E-state index is -3.59. The Morgan fingerprint density at radius 3 is 2.61 bits per heavy atom. The van der Waals surface area contributed by atoms with Crippen LogP contribution in [0.3, 0.4) is 0 Å². The van der Waals surface area contributed by atoms with Gasteiger partial charge in [-0.2, -0.15) is 0 Å². The number of ether oxygens (including phenoxy) is 1. The highest BCUT2D eigenvalue weighted by Gasteiger charge is 2.33. The van der Waals surface area contributed by atoms with E-state index < -0.39 is 15.9 Å². The van der Waals surface area contributed by atoms with E-state index in [4.69, 9.17) is 27.9 Å². The summed E-state index contributed by atoms with van der Waals surface area (Å²) in [4.78, 5) is 13.1. The quantitative estimate of drug-likeness (QED) is 0.532. The van der Waals surface area contributed by atoms with Crippen molar-refractivity contribution in [1.82, 2.24) is 9.62 Å². The van der Waals surface area contributed by atoms with Gasteiger partial charge in [-0.3, -0.25) is 4.79 Å². The molecule has 180 valence electrons. The third kappa shape index (κ3) is 6.41. The van der Waals surface area contributed by atoms with Gasteiger partial charge in [0.25, 0.3) is 0 Å². The van der Waals surface area contributed by atoms with Crippen LogP contribution in [0.1, 0.15) is 48.9 Å². The molecule has 1 aliphatic rings. The summed E-state index contributed by atoms with van der Waals surface area (Å²) in [7, 11) is -1.96. The van der Waals surface area contributed by atoms with Gasteiger partial charge in [0.05, 0.1) is 34.9 Å². The maximum atomic E-state index is 13.1. The Balaban J connectivity index is 1.67. The Morgan fingerprint density at radius 2 is 1.97 bits per heavy atom. The van der Waals surface area contributed by atoms with Gasteiger partial charge in [-0.15, -0.1) is 0 Å². The molecule has 2 unspecified atom stereocenters. The summed E-state index contributed by atoms with van der Waals surface area (Å²) in [6.45, 7) is 4.56. The second kappa shape index (κ2) is 11.1. The Hall–Kier alpha value is -1.80. The molecule has 0 aliphatic carbocycles. The lowest BCUT2D eigenvalue weighted by Crippen LogP contribution is -2.46. The van der Waals surface area contributed by atoms with E-state index in [-0.39, 0.29) is 24.2 Å². The molecule has 9 heteroatoms. The summed E-state index contributed by atoms with van der Waals surface area (Å²) in [6.07, 6.45) is 2.02. The van der Waals surface area contributed by atoms with E-state index in [1.807, 2.05) is 32.0 Å². The summed E-state index contributed by atoms with van der Waals surface area (Å²) in [5.41, 5.74) is 2.57. The van der Waals surface area contributed by atoms with Crippen LogP contribution in [-0.2, 0) is 20.6 Å². The minimum absolute atomic E-state index is 0.121. The van der Waals surface area contributed by atoms with Crippen LogP contribution in [0.25, 0.3) is 0 Å². The van der Waals surface area contributed by atoms with Gasteiger partial charge in [0.1, 0.15) is 5.75 Å². The van der Waals surface area contributed by atoms with Crippen LogP contribution in [0, 0.1) is 12.8 Å². The molecule has 1 fully saturated rings. The van der Waals surface area contributed by atoms with Crippen molar-refractivity contribution in [3.63, 3.8) is 0 Å². The van der Waals surface area contributed by atoms with Gasteiger partial charge in [-0.1, -0.05) is 48.3 Å². The Morgan fingerprint density at radius 1 is 1.21 bits per heavy atom. The van der Waals surface area contributed by atoms with Crippen molar-refractivity contribution in [2.24, 2.45) is 5.92 Å². The Kier molecular flexibility index (Phi) is 8.67. The van der Waals surface area contributed by atoms with Crippen LogP contribution >= 0.6 is 23.2 Å². The summed E-state index contributed by atoms with van der Waals surface area (Å²) >= 11 is 12.0. The molecule has 1 aliphatic heterocycles. The number of halogens is 2. The topological polar surface area (TPSA) is 75.7 Å². The summed E-state index contributed by atoms with van der Waals surface area (Å²) in [5, 5.41) is 3.82. The standard InChI is InChI=1S/C24H30Cl2N2O4S/c1-4-22(18-8-10-23(32-3)16(2)12-18)27-24(29)19-6-5-11-28(14-19)33(30,31)15-17-7-9-20(25)21(26)13-17/h7-10,12-13,19,22H,4-6,11,14-15H2,1-3H3,(H,27,29). The Labute approximate surface area is 206 Å². The fourth-order valence-electron chi connectivity index (χ4n) is 4.17. The molecule has 2 aromatic rings. The molecule has 0 aromatic heterocycles. The van der Waals surface area contributed by atoms with Gasteiger partial charge in [0.2, 0.25) is 15.9 Å². The predicted molar refractivity (Wildman–Crippen MR) is 132 cm³/mol. The smallest absolute Gasteiger partial charge is 0.224 e. The average Bonchev–Trinajstić information content (AvgIpc) is 2.79. The zero-order valence-electron chi connectivity index (χ0n) is 19.1. The molecule has 0 saturated carbocycles. The highest BCUT2D eigenvalue weighted by Crippen LogP contribution is 2.28. The molecular formula is C24H30Cl2N2O4S. The number of hydrogen-bond acceptors (Lipinski definition) is 4. The van der Waals surface area contributed by atoms with Gasteiger partial charge < -0.3 is 10.1 Å². The number of rotatable bonds is 8. The molecule has 1 amide bonds. The number of carbonyl (C=O) groups excluding carboxylic acids is 1. The first-order valence-corrected chi connectivity index (χ1v) is 13.4. The number of piperidine rings is 1. The maximum absolute atomic E-state index is 13.1. The monoisotopic (exact) mass is 512 g/mol. The number of carbonyl (C=O) groups is 1. The largest absolute Gasteiger partial charge is 0.496 e. The molecule has 1 saturated heterocycles. The SMILES string of the molecule is CCC(NC(=O)C1CCCN(S(=O)(=O)Cc2ccc(Cl)c(Cl)c2)C1)c1ccc(OC)c(C)c1. The zero-order valence-corrected chi connectivity index (χ0v) is 21.4. The van der Waals surface area contributed by atoms with Gasteiger partial charge in [-0.05, 0) is 61.1 Å². The van der Waals surface area contributed by atoms with E-state index in [2.05, 4.69) is 5.32 Å². The molecule has 0 spiro atoms. The molecule has 6 nitrogen and oxygen atoms in total. The fourth-order valence-corrected chi connectivity index (χ4v) is 6.09. The van der Waals surface area contributed by atoms with Crippen molar-refractivity contribution in [2.75, 3.05) is 20.2 Å². The predicted octanol–water partition coefficient (Wildman–Crippen LogP) is 5.12. The number of aryl methyl sites for hydroxylation is 1. The van der Waals surface area contributed by atoms with Crippen LogP contribution in [-0.4, -0.2) is 38.8 Å². The van der Waals surface area contributed by atoms with Crippen LogP contribution in [0.4, 0.5) is 0 Å². The van der Waals surface area contributed by atoms with Crippen molar-refractivity contribution in [3.05, 3.63) is 63.1 Å². The number of amides is 1. The zero-order chi connectivity index (χ0) is 24.2. The van der Waals surface area contributed by atoms with Crippen LogP contribution in [0.5, 0.6) is 5.75 Å². The Bertz CT molecular complexity index is 1110. The van der Waals surface area contributed by atoms with Gasteiger partial charge in [-0.25, -0.2) is 12.7 Å². The summed E-state index contributed by atoms with van der Waals surface area (Å²) in [6, 6.07) is 10.5. The highest BCUT2D eigenvalue weighted by atomic mass is 35.5. The lowest BCUT2D eigenvalue weighted by molar-refractivity contribution is -0.126. The number of methoxy groups -OCH3 is 1. The molecule has 3 rings (SSSR count). The van der Waals surface area contributed by atoms with Crippen molar-refractivity contribution in [1.29, 1.82) is 0 Å². The number of sulfonamides is 1. The minimum Gasteiger partial charge on any atom is -0.496 e. The number of benzene rings is 2. The van der Waals surface area contributed by atoms with Crippen LogP contribution in [0.15, 0.2) is 36.4 Å². The second-order valence-corrected chi connectivity index (χ2v) is 11.2. The molecule has 0 bridgehead atoms. The van der Waals surface area contributed by atoms with E-state index >= 15 is 0 Å². The van der Waals surface area contributed by atoms with Crippen molar-refractivity contribution >= 4 is 39.1 Å². The third-order valence-electron chi connectivity index (χ3n) is 6.03. The first-order valence-electron chi connectivity index (χ1n) is 11.0. The van der Waals surface area contributed by atoms with Crippen LogP contribution in [0.2, 0.25) is 10.0 Å². The van der Waals surface area contributed by atoms with Crippen molar-refractivity contribution in [3.8, 4) is 5.75 Å². The van der Waals surface area contributed by atoms with E-state index in [0.29, 0.717) is 35.0 Å². The molecule has 0 radical (unpaired) electrons. The maximum Gasteiger partial charge on any atom is 0.224 e. The third-order valence-corrected chi connectivity index (χ3v) is 8.58. The fraction of sp³-hybridized carbons (Fsp3) is 0.458. The second-order valence-electron chi connectivity index (χ2n) is 8.40. The average molecular weight is 513 g/mol.